The van der Waals surface area contributed by atoms with Gasteiger partial charge in [0.15, 0.2) is 0 Å². The van der Waals surface area contributed by atoms with Gasteiger partial charge in [-0.2, -0.15) is 5.10 Å². The first-order valence-electron chi connectivity index (χ1n) is 6.40. The maximum Gasteiger partial charge on any atom is 0.226 e. The molecule has 0 aliphatic carbocycles. The molecule has 2 aromatic rings. The predicted molar refractivity (Wildman–Crippen MR) is 87.2 cm³/mol. The number of nitrogens with zero attached hydrogens (tertiary/aromatic N) is 2. The second-order valence-electron chi connectivity index (χ2n) is 4.40. The summed E-state index contributed by atoms with van der Waals surface area (Å²) in [7, 11) is 1.82. The van der Waals surface area contributed by atoms with Crippen LogP contribution in [0.25, 0.3) is 0 Å². The highest BCUT2D eigenvalue weighted by atomic mass is 35.5. The molecule has 0 saturated heterocycles. The quantitative estimate of drug-likeness (QED) is 0.856. The van der Waals surface area contributed by atoms with Gasteiger partial charge in [-0.05, 0) is 24.7 Å². The Morgan fingerprint density at radius 3 is 2.67 bits per heavy atom. The van der Waals surface area contributed by atoms with E-state index in [1.807, 2.05) is 31.3 Å². The molecule has 0 unspecified atom stereocenters. The van der Waals surface area contributed by atoms with Crippen LogP contribution in [0.15, 0.2) is 36.5 Å². The minimum absolute atomic E-state index is 0. The zero-order valence-corrected chi connectivity index (χ0v) is 13.2. The fourth-order valence-electron chi connectivity index (χ4n) is 1.77. The van der Waals surface area contributed by atoms with E-state index < -0.39 is 0 Å². The molecule has 114 valence electrons. The van der Waals surface area contributed by atoms with Crippen LogP contribution < -0.4 is 10.6 Å². The lowest BCUT2D eigenvalue weighted by atomic mass is 10.2. The number of benzene rings is 1. The zero-order valence-electron chi connectivity index (χ0n) is 11.7. The first-order chi connectivity index (χ1) is 9.69. The Kier molecular flexibility index (Phi) is 7.22. The van der Waals surface area contributed by atoms with Crippen molar-refractivity contribution in [3.05, 3.63) is 47.1 Å². The lowest BCUT2D eigenvalue weighted by Gasteiger charge is -2.09. The van der Waals surface area contributed by atoms with E-state index in [0.717, 1.165) is 5.56 Å². The molecule has 0 spiro atoms. The van der Waals surface area contributed by atoms with Crippen molar-refractivity contribution in [2.75, 3.05) is 18.9 Å². The van der Waals surface area contributed by atoms with Crippen LogP contribution in [0.3, 0.4) is 0 Å². The molecule has 2 rings (SSSR count). The molecule has 21 heavy (non-hydrogen) atoms. The number of anilines is 1. The number of rotatable bonds is 6. The maximum absolute atomic E-state index is 11.7. The fraction of sp³-hybridized carbons (Fsp3) is 0.286. The largest absolute Gasteiger partial charge is 0.319 e. The molecular formula is C14H18Cl2N4O. The van der Waals surface area contributed by atoms with Crippen molar-refractivity contribution < 1.29 is 4.79 Å². The summed E-state index contributed by atoms with van der Waals surface area (Å²) in [6, 6.07) is 9.34. The molecule has 1 aromatic heterocycles. The standard InChI is InChI=1S/C14H17ClN4O.ClH/c1-16-8-7-14(20)18-13-6-9-17-19(13)10-11-2-4-12(15)5-3-11;/h2-6,9,16H,7-8,10H2,1H3,(H,18,20);1H. The molecule has 7 heteroatoms. The van der Waals surface area contributed by atoms with Crippen molar-refractivity contribution in [3.8, 4) is 0 Å². The molecule has 0 fully saturated rings. The van der Waals surface area contributed by atoms with Crippen LogP contribution in [0.4, 0.5) is 5.82 Å². The number of hydrogen-bond acceptors (Lipinski definition) is 3. The molecule has 1 aromatic carbocycles. The van der Waals surface area contributed by atoms with E-state index in [4.69, 9.17) is 11.6 Å². The second-order valence-corrected chi connectivity index (χ2v) is 4.84. The van der Waals surface area contributed by atoms with Crippen molar-refractivity contribution in [1.29, 1.82) is 0 Å². The van der Waals surface area contributed by atoms with Gasteiger partial charge >= 0.3 is 0 Å². The average molecular weight is 329 g/mol. The Morgan fingerprint density at radius 1 is 1.29 bits per heavy atom. The number of carbonyl (C=O) groups is 1. The fourth-order valence-corrected chi connectivity index (χ4v) is 1.90. The van der Waals surface area contributed by atoms with E-state index in [1.54, 1.807) is 16.9 Å². The third-order valence-electron chi connectivity index (χ3n) is 2.83. The van der Waals surface area contributed by atoms with Gasteiger partial charge in [-0.1, -0.05) is 23.7 Å². The van der Waals surface area contributed by atoms with Crippen LogP contribution in [-0.2, 0) is 11.3 Å². The molecule has 5 nitrogen and oxygen atoms in total. The minimum atomic E-state index is -0.0304. The molecule has 1 amide bonds. The normalized spacial score (nSPS) is 10.0. The van der Waals surface area contributed by atoms with E-state index in [-0.39, 0.29) is 18.3 Å². The smallest absolute Gasteiger partial charge is 0.226 e. The summed E-state index contributed by atoms with van der Waals surface area (Å²) < 4.78 is 1.75. The summed E-state index contributed by atoms with van der Waals surface area (Å²) in [5.41, 5.74) is 1.07. The van der Waals surface area contributed by atoms with Crippen molar-refractivity contribution in [2.24, 2.45) is 0 Å². The van der Waals surface area contributed by atoms with Crippen molar-refractivity contribution >= 4 is 35.7 Å². The summed E-state index contributed by atoms with van der Waals surface area (Å²) in [4.78, 5) is 11.7. The molecule has 0 saturated carbocycles. The summed E-state index contributed by atoms with van der Waals surface area (Å²) in [6.07, 6.45) is 2.10. The molecule has 0 bridgehead atoms. The number of carbonyl (C=O) groups excluding carboxylic acids is 1. The SMILES string of the molecule is CNCCC(=O)Nc1ccnn1Cc1ccc(Cl)cc1.Cl. The van der Waals surface area contributed by atoms with Gasteiger partial charge in [0.25, 0.3) is 0 Å². The molecular weight excluding hydrogens is 311 g/mol. The van der Waals surface area contributed by atoms with Gasteiger partial charge in [0, 0.05) is 24.1 Å². The van der Waals surface area contributed by atoms with Gasteiger partial charge < -0.3 is 10.6 Å². The lowest BCUT2D eigenvalue weighted by Crippen LogP contribution is -2.20. The molecule has 0 aliphatic rings. The highest BCUT2D eigenvalue weighted by molar-refractivity contribution is 6.30. The third-order valence-corrected chi connectivity index (χ3v) is 3.08. The zero-order chi connectivity index (χ0) is 14.4. The van der Waals surface area contributed by atoms with E-state index >= 15 is 0 Å². The van der Waals surface area contributed by atoms with Gasteiger partial charge in [-0.15, -0.1) is 12.4 Å². The number of nitrogens with one attached hydrogen (secondary N) is 2. The summed E-state index contributed by atoms with van der Waals surface area (Å²) in [6.45, 7) is 1.24. The minimum Gasteiger partial charge on any atom is -0.319 e. The third kappa shape index (κ3) is 5.38. The highest BCUT2D eigenvalue weighted by Gasteiger charge is 2.07. The van der Waals surface area contributed by atoms with Crippen LogP contribution in [0.5, 0.6) is 0 Å². The lowest BCUT2D eigenvalue weighted by molar-refractivity contribution is -0.116. The van der Waals surface area contributed by atoms with Crippen LogP contribution in [0.2, 0.25) is 5.02 Å². The van der Waals surface area contributed by atoms with Gasteiger partial charge in [0.1, 0.15) is 5.82 Å². The molecule has 0 aliphatic heterocycles. The van der Waals surface area contributed by atoms with Gasteiger partial charge in [0.05, 0.1) is 12.7 Å². The summed E-state index contributed by atoms with van der Waals surface area (Å²) in [5.74, 6) is 0.665. The Labute approximate surface area is 135 Å². The Hall–Kier alpha value is -1.56. The maximum atomic E-state index is 11.7. The predicted octanol–water partition coefficient (Wildman–Crippen LogP) is 2.55. The number of amides is 1. The van der Waals surface area contributed by atoms with E-state index in [9.17, 15) is 4.79 Å². The van der Waals surface area contributed by atoms with Gasteiger partial charge in [-0.3, -0.25) is 4.79 Å². The number of aromatic nitrogens is 2. The molecule has 2 N–H and O–H groups in total. The topological polar surface area (TPSA) is 59.0 Å². The first kappa shape index (κ1) is 17.5. The molecule has 0 atom stereocenters. The van der Waals surface area contributed by atoms with Crippen LogP contribution in [-0.4, -0.2) is 29.3 Å². The van der Waals surface area contributed by atoms with Gasteiger partial charge in [-0.25, -0.2) is 4.68 Å². The van der Waals surface area contributed by atoms with Crippen LogP contribution in [0, 0.1) is 0 Å². The summed E-state index contributed by atoms with van der Waals surface area (Å²) in [5, 5.41) is 10.7. The van der Waals surface area contributed by atoms with E-state index in [2.05, 4.69) is 15.7 Å². The van der Waals surface area contributed by atoms with Crippen molar-refractivity contribution in [1.82, 2.24) is 15.1 Å². The highest BCUT2D eigenvalue weighted by Crippen LogP contribution is 2.13. The molecule has 0 radical (unpaired) electrons. The van der Waals surface area contributed by atoms with Crippen molar-refractivity contribution in [2.45, 2.75) is 13.0 Å². The Balaban J connectivity index is 0.00000220. The van der Waals surface area contributed by atoms with Crippen molar-refractivity contribution in [3.63, 3.8) is 0 Å². The van der Waals surface area contributed by atoms with Crippen LogP contribution >= 0.6 is 24.0 Å². The second kappa shape index (κ2) is 8.67. The van der Waals surface area contributed by atoms with Gasteiger partial charge in [0.2, 0.25) is 5.91 Å². The Morgan fingerprint density at radius 2 is 2.00 bits per heavy atom. The first-order valence-corrected chi connectivity index (χ1v) is 6.77. The number of hydrogen-bond donors (Lipinski definition) is 2. The molecule has 1 heterocycles. The summed E-state index contributed by atoms with van der Waals surface area (Å²) >= 11 is 5.86. The monoisotopic (exact) mass is 328 g/mol. The van der Waals surface area contributed by atoms with E-state index in [1.165, 1.54) is 0 Å². The number of halogens is 2. The van der Waals surface area contributed by atoms with E-state index in [0.29, 0.717) is 30.4 Å². The Bertz CT molecular complexity index is 569. The van der Waals surface area contributed by atoms with Crippen LogP contribution in [0.1, 0.15) is 12.0 Å². The average Bonchev–Trinajstić information content (AvgIpc) is 2.86.